The fraction of sp³-hybridized carbons (Fsp3) is 0.296. The highest BCUT2D eigenvalue weighted by atomic mass is 35.5. The van der Waals surface area contributed by atoms with E-state index >= 15 is 0 Å². The lowest BCUT2D eigenvalue weighted by molar-refractivity contribution is -0.122. The molecule has 0 radical (unpaired) electrons. The minimum absolute atomic E-state index is 0.0236. The van der Waals surface area contributed by atoms with Crippen LogP contribution in [0.5, 0.6) is 0 Å². The first kappa shape index (κ1) is 22.5. The normalized spacial score (nSPS) is 16.1. The van der Waals surface area contributed by atoms with Crippen molar-refractivity contribution in [3.63, 3.8) is 0 Å². The highest BCUT2D eigenvalue weighted by Crippen LogP contribution is 2.27. The first-order valence-corrected chi connectivity index (χ1v) is 11.6. The molecule has 1 N–H and O–H groups in total. The number of nitrogens with one attached hydrogen (secondary N) is 1. The Morgan fingerprint density at radius 2 is 1.34 bits per heavy atom. The van der Waals surface area contributed by atoms with Gasteiger partial charge in [-0.2, -0.15) is 0 Å². The summed E-state index contributed by atoms with van der Waals surface area (Å²) in [6.45, 7) is 4.55. The number of carbonyl (C=O) groups is 1. The van der Waals surface area contributed by atoms with Gasteiger partial charge in [0.05, 0.1) is 12.0 Å². The van der Waals surface area contributed by atoms with E-state index in [1.54, 1.807) is 0 Å². The van der Waals surface area contributed by atoms with Crippen LogP contribution in [0.4, 0.5) is 0 Å². The first-order chi connectivity index (χ1) is 15.6. The van der Waals surface area contributed by atoms with E-state index in [1.165, 1.54) is 5.56 Å². The molecule has 0 spiro atoms. The summed E-state index contributed by atoms with van der Waals surface area (Å²) in [4.78, 5) is 18.3. The van der Waals surface area contributed by atoms with Crippen LogP contribution < -0.4 is 5.32 Å². The van der Waals surface area contributed by atoms with Crippen LogP contribution in [0.2, 0.25) is 5.02 Å². The Labute approximate surface area is 195 Å². The van der Waals surface area contributed by atoms with Crippen LogP contribution in [0.15, 0.2) is 84.9 Å². The SMILES string of the molecule is CN1CCN([C@H](CNC(=O)C(c2ccccc2)c2ccccc2)c2ccc(Cl)cc2)CC1. The second-order valence-electron chi connectivity index (χ2n) is 8.41. The average molecular weight is 448 g/mol. The molecule has 0 saturated carbocycles. The molecule has 3 aromatic rings. The predicted octanol–water partition coefficient (Wildman–Crippen LogP) is 4.58. The predicted molar refractivity (Wildman–Crippen MR) is 131 cm³/mol. The van der Waals surface area contributed by atoms with Crippen molar-refractivity contribution >= 4 is 17.5 Å². The number of hydrogen-bond acceptors (Lipinski definition) is 3. The Morgan fingerprint density at radius 3 is 1.88 bits per heavy atom. The number of halogens is 1. The number of carbonyl (C=O) groups excluding carboxylic acids is 1. The molecule has 1 heterocycles. The number of benzene rings is 3. The van der Waals surface area contributed by atoms with Crippen molar-refractivity contribution in [3.8, 4) is 0 Å². The molecule has 32 heavy (non-hydrogen) atoms. The Morgan fingerprint density at radius 1 is 0.812 bits per heavy atom. The maximum Gasteiger partial charge on any atom is 0.232 e. The van der Waals surface area contributed by atoms with Crippen molar-refractivity contribution in [2.75, 3.05) is 39.8 Å². The summed E-state index contributed by atoms with van der Waals surface area (Å²) < 4.78 is 0. The topological polar surface area (TPSA) is 35.6 Å². The molecule has 1 saturated heterocycles. The second-order valence-corrected chi connectivity index (χ2v) is 8.84. The zero-order chi connectivity index (χ0) is 22.3. The fourth-order valence-electron chi connectivity index (χ4n) is 4.36. The molecule has 1 aliphatic heterocycles. The van der Waals surface area contributed by atoms with Gasteiger partial charge in [0.15, 0.2) is 0 Å². The standard InChI is InChI=1S/C27H30ClN3O/c1-30-16-18-31(19-17-30)25(21-12-14-24(28)15-13-21)20-29-27(32)26(22-8-4-2-5-9-22)23-10-6-3-7-11-23/h2-15,25-26H,16-20H2,1H3,(H,29,32)/t25-/m1/s1. The summed E-state index contributed by atoms with van der Waals surface area (Å²) in [6.07, 6.45) is 0. The van der Waals surface area contributed by atoms with Crippen LogP contribution in [-0.4, -0.2) is 55.5 Å². The molecule has 0 bridgehead atoms. The number of likely N-dealkylation sites (N-methyl/N-ethyl adjacent to an activating group) is 1. The van der Waals surface area contributed by atoms with Crippen LogP contribution in [0, 0.1) is 0 Å². The molecule has 0 aliphatic carbocycles. The molecular formula is C27H30ClN3O. The Kier molecular flexibility index (Phi) is 7.59. The van der Waals surface area contributed by atoms with Gasteiger partial charge in [-0.25, -0.2) is 0 Å². The minimum atomic E-state index is -0.337. The van der Waals surface area contributed by atoms with Gasteiger partial charge in [-0.05, 0) is 35.9 Å². The van der Waals surface area contributed by atoms with Crippen LogP contribution in [-0.2, 0) is 4.79 Å². The molecule has 1 aliphatic rings. The van der Waals surface area contributed by atoms with Gasteiger partial charge in [0, 0.05) is 37.7 Å². The lowest BCUT2D eigenvalue weighted by atomic mass is 9.90. The van der Waals surface area contributed by atoms with Crippen LogP contribution in [0.3, 0.4) is 0 Å². The maximum absolute atomic E-state index is 13.5. The van der Waals surface area contributed by atoms with Gasteiger partial charge < -0.3 is 10.2 Å². The average Bonchev–Trinajstić information content (AvgIpc) is 2.83. The first-order valence-electron chi connectivity index (χ1n) is 11.2. The summed E-state index contributed by atoms with van der Waals surface area (Å²) in [6, 6.07) is 28.1. The van der Waals surface area contributed by atoms with Gasteiger partial charge in [-0.3, -0.25) is 9.69 Å². The van der Waals surface area contributed by atoms with Gasteiger partial charge >= 0.3 is 0 Å². The van der Waals surface area contributed by atoms with Crippen LogP contribution in [0.25, 0.3) is 0 Å². The number of piperazine rings is 1. The number of rotatable bonds is 7. The highest BCUT2D eigenvalue weighted by Gasteiger charge is 2.27. The monoisotopic (exact) mass is 447 g/mol. The third-order valence-corrected chi connectivity index (χ3v) is 6.48. The van der Waals surface area contributed by atoms with Gasteiger partial charge in [0.25, 0.3) is 0 Å². The number of nitrogens with zero attached hydrogens (tertiary/aromatic N) is 2. The molecule has 4 nitrogen and oxygen atoms in total. The van der Waals surface area contributed by atoms with Crippen molar-refractivity contribution in [1.82, 2.24) is 15.1 Å². The van der Waals surface area contributed by atoms with E-state index in [0.29, 0.717) is 6.54 Å². The van der Waals surface area contributed by atoms with Crippen molar-refractivity contribution in [3.05, 3.63) is 107 Å². The Bertz CT molecular complexity index is 947. The quantitative estimate of drug-likeness (QED) is 0.576. The van der Waals surface area contributed by atoms with Crippen molar-refractivity contribution in [2.24, 2.45) is 0 Å². The lowest BCUT2D eigenvalue weighted by Crippen LogP contribution is -2.48. The molecule has 1 amide bonds. The smallest absolute Gasteiger partial charge is 0.232 e. The third-order valence-electron chi connectivity index (χ3n) is 6.23. The summed E-state index contributed by atoms with van der Waals surface area (Å²) in [5.74, 6) is -0.314. The van der Waals surface area contributed by atoms with Crippen molar-refractivity contribution in [1.29, 1.82) is 0 Å². The maximum atomic E-state index is 13.5. The van der Waals surface area contributed by atoms with Crippen molar-refractivity contribution < 1.29 is 4.79 Å². The van der Waals surface area contributed by atoms with E-state index in [-0.39, 0.29) is 17.9 Å². The third kappa shape index (κ3) is 5.57. The second kappa shape index (κ2) is 10.8. The van der Waals surface area contributed by atoms with Gasteiger partial charge in [0.2, 0.25) is 5.91 Å². The zero-order valence-electron chi connectivity index (χ0n) is 18.5. The van der Waals surface area contributed by atoms with E-state index in [1.807, 2.05) is 72.8 Å². The number of amides is 1. The van der Waals surface area contributed by atoms with Crippen molar-refractivity contribution in [2.45, 2.75) is 12.0 Å². The van der Waals surface area contributed by atoms with E-state index < -0.39 is 0 Å². The zero-order valence-corrected chi connectivity index (χ0v) is 19.2. The summed E-state index contributed by atoms with van der Waals surface area (Å²) in [5.41, 5.74) is 3.17. The van der Waals surface area contributed by atoms with Gasteiger partial charge in [0.1, 0.15) is 0 Å². The van der Waals surface area contributed by atoms with Crippen LogP contribution in [0.1, 0.15) is 28.7 Å². The van der Waals surface area contributed by atoms with Gasteiger partial charge in [-0.15, -0.1) is 0 Å². The molecular weight excluding hydrogens is 418 g/mol. The highest BCUT2D eigenvalue weighted by molar-refractivity contribution is 6.30. The van der Waals surface area contributed by atoms with Crippen LogP contribution >= 0.6 is 11.6 Å². The van der Waals surface area contributed by atoms with E-state index in [4.69, 9.17) is 11.6 Å². The fourth-order valence-corrected chi connectivity index (χ4v) is 4.49. The number of hydrogen-bond donors (Lipinski definition) is 1. The summed E-state index contributed by atoms with van der Waals surface area (Å²) >= 11 is 6.14. The van der Waals surface area contributed by atoms with Gasteiger partial charge in [-0.1, -0.05) is 84.4 Å². The molecule has 1 atom stereocenters. The molecule has 5 heteroatoms. The molecule has 4 rings (SSSR count). The molecule has 166 valence electrons. The molecule has 0 aromatic heterocycles. The Balaban J connectivity index is 1.55. The molecule has 3 aromatic carbocycles. The van der Waals surface area contributed by atoms with E-state index in [9.17, 15) is 4.79 Å². The lowest BCUT2D eigenvalue weighted by Gasteiger charge is -2.38. The molecule has 0 unspecified atom stereocenters. The minimum Gasteiger partial charge on any atom is -0.353 e. The summed E-state index contributed by atoms with van der Waals surface area (Å²) in [5, 5.41) is 4.00. The van der Waals surface area contributed by atoms with E-state index in [0.717, 1.165) is 42.3 Å². The largest absolute Gasteiger partial charge is 0.353 e. The summed E-state index contributed by atoms with van der Waals surface area (Å²) in [7, 11) is 2.15. The molecule has 1 fully saturated rings. The van der Waals surface area contributed by atoms with E-state index in [2.05, 4.69) is 34.3 Å². The Hall–Kier alpha value is -2.66.